The molecule has 1 aromatic carbocycles. The summed E-state index contributed by atoms with van der Waals surface area (Å²) in [6, 6.07) is 5.22. The molecule has 1 aromatic heterocycles. The maximum Gasteiger partial charge on any atom is 0.352 e. The number of aromatic nitrogens is 2. The van der Waals surface area contributed by atoms with Crippen molar-refractivity contribution in [2.45, 2.75) is 6.92 Å². The summed E-state index contributed by atoms with van der Waals surface area (Å²) in [6.07, 6.45) is 0. The van der Waals surface area contributed by atoms with Crippen molar-refractivity contribution in [3.8, 4) is 0 Å². The lowest BCUT2D eigenvalue weighted by Gasteiger charge is -2.03. The van der Waals surface area contributed by atoms with E-state index >= 15 is 0 Å². The number of nitro benzene ring substituents is 1. The number of carbonyl (C=O) groups is 2. The monoisotopic (exact) mass is 307 g/mol. The average Bonchev–Trinajstić information content (AvgIpc) is 2.90. The third kappa shape index (κ3) is 3.45. The Bertz CT molecular complexity index is 712. The summed E-state index contributed by atoms with van der Waals surface area (Å²) >= 11 is 0.875. The highest BCUT2D eigenvalue weighted by Crippen LogP contribution is 2.14. The van der Waals surface area contributed by atoms with Crippen LogP contribution >= 0.6 is 11.5 Å². The molecule has 0 radical (unpaired) electrons. The first kappa shape index (κ1) is 14.7. The molecule has 0 bridgehead atoms. The predicted molar refractivity (Wildman–Crippen MR) is 72.4 cm³/mol. The lowest BCUT2D eigenvalue weighted by Crippen LogP contribution is -2.14. The summed E-state index contributed by atoms with van der Waals surface area (Å²) in [7, 11) is 0. The maximum absolute atomic E-state index is 11.9. The minimum atomic E-state index is -0.693. The Morgan fingerprint density at radius 1 is 1.43 bits per heavy atom. The van der Waals surface area contributed by atoms with Crippen molar-refractivity contribution >= 4 is 29.0 Å². The van der Waals surface area contributed by atoms with E-state index in [4.69, 9.17) is 4.74 Å². The van der Waals surface area contributed by atoms with E-state index in [-0.39, 0.29) is 16.1 Å². The predicted octanol–water partition coefficient (Wildman–Crippen LogP) is 1.79. The molecule has 0 spiro atoms. The van der Waals surface area contributed by atoms with Gasteiger partial charge in [0, 0.05) is 17.7 Å². The first-order chi connectivity index (χ1) is 9.99. The third-order valence-corrected chi connectivity index (χ3v) is 3.36. The van der Waals surface area contributed by atoms with Gasteiger partial charge >= 0.3 is 5.97 Å². The molecule has 0 saturated heterocycles. The Kier molecular flexibility index (Phi) is 4.33. The first-order valence-electron chi connectivity index (χ1n) is 5.73. The quantitative estimate of drug-likeness (QED) is 0.358. The van der Waals surface area contributed by atoms with Crippen LogP contribution in [0.3, 0.4) is 0 Å². The number of Topliss-reactive ketones (excluding diaryl/α,β-unsaturated/α-hetero) is 1. The fourth-order valence-electron chi connectivity index (χ4n) is 1.49. The van der Waals surface area contributed by atoms with Crippen LogP contribution in [0.25, 0.3) is 0 Å². The van der Waals surface area contributed by atoms with Crippen LogP contribution in [-0.2, 0) is 4.74 Å². The van der Waals surface area contributed by atoms with Gasteiger partial charge in [0.25, 0.3) is 5.69 Å². The van der Waals surface area contributed by atoms with Gasteiger partial charge in [-0.25, -0.2) is 4.79 Å². The fraction of sp³-hybridized carbons (Fsp3) is 0.167. The van der Waals surface area contributed by atoms with Gasteiger partial charge in [-0.05, 0) is 18.5 Å². The molecule has 0 aliphatic rings. The summed E-state index contributed by atoms with van der Waals surface area (Å²) in [6.45, 7) is 1.10. The summed E-state index contributed by atoms with van der Waals surface area (Å²) in [5.74, 6) is -1.22. The van der Waals surface area contributed by atoms with Crippen LogP contribution in [0.1, 0.15) is 25.7 Å². The van der Waals surface area contributed by atoms with Crippen molar-refractivity contribution in [3.63, 3.8) is 0 Å². The number of ether oxygens (including phenoxy) is 1. The molecule has 9 heteroatoms. The number of nitro groups is 1. The standard InChI is InChI=1S/C12H9N3O5S/c1-7-11(21-14-13-7)12(17)20-6-10(16)8-3-2-4-9(5-8)15(18)19/h2-5H,6H2,1H3. The topological polar surface area (TPSA) is 112 Å². The van der Waals surface area contributed by atoms with Crippen LogP contribution in [-0.4, -0.2) is 32.9 Å². The first-order valence-corrected chi connectivity index (χ1v) is 6.50. The molecule has 8 nitrogen and oxygen atoms in total. The largest absolute Gasteiger partial charge is 0.453 e. The highest BCUT2D eigenvalue weighted by molar-refractivity contribution is 7.07. The van der Waals surface area contributed by atoms with Crippen LogP contribution in [0.4, 0.5) is 5.69 Å². The fourth-order valence-corrected chi connectivity index (χ4v) is 2.04. The molecule has 2 aromatic rings. The second-order valence-corrected chi connectivity index (χ2v) is 4.75. The number of non-ortho nitro benzene ring substituents is 1. The number of esters is 1. The maximum atomic E-state index is 11.9. The van der Waals surface area contributed by atoms with Crippen molar-refractivity contribution in [1.82, 2.24) is 9.59 Å². The van der Waals surface area contributed by atoms with Crippen LogP contribution in [0.15, 0.2) is 24.3 Å². The van der Waals surface area contributed by atoms with E-state index in [1.165, 1.54) is 18.2 Å². The Morgan fingerprint density at radius 3 is 2.81 bits per heavy atom. The molecule has 1 heterocycles. The minimum absolute atomic E-state index is 0.108. The van der Waals surface area contributed by atoms with E-state index in [0.717, 1.165) is 17.6 Å². The molecular formula is C12H9N3O5S. The average molecular weight is 307 g/mol. The van der Waals surface area contributed by atoms with E-state index in [9.17, 15) is 19.7 Å². The molecule has 0 aliphatic carbocycles. The SMILES string of the molecule is Cc1nnsc1C(=O)OCC(=O)c1cccc([N+](=O)[O-])c1. The molecule has 2 rings (SSSR count). The van der Waals surface area contributed by atoms with Crippen LogP contribution in [0, 0.1) is 17.0 Å². The number of benzene rings is 1. The second-order valence-electron chi connectivity index (χ2n) is 3.99. The van der Waals surface area contributed by atoms with Crippen molar-refractivity contribution < 1.29 is 19.2 Å². The molecule has 108 valence electrons. The number of hydrogen-bond acceptors (Lipinski definition) is 8. The Balaban J connectivity index is 2.02. The molecule has 21 heavy (non-hydrogen) atoms. The van der Waals surface area contributed by atoms with Gasteiger partial charge in [-0.2, -0.15) is 0 Å². The van der Waals surface area contributed by atoms with Gasteiger partial charge in [0.1, 0.15) is 0 Å². The van der Waals surface area contributed by atoms with E-state index in [1.54, 1.807) is 6.92 Å². The van der Waals surface area contributed by atoms with Gasteiger partial charge in [0.2, 0.25) is 5.78 Å². The zero-order valence-electron chi connectivity index (χ0n) is 10.8. The number of hydrogen-bond donors (Lipinski definition) is 0. The molecule has 0 saturated carbocycles. The lowest BCUT2D eigenvalue weighted by atomic mass is 10.1. The van der Waals surface area contributed by atoms with Gasteiger partial charge in [-0.15, -0.1) is 5.10 Å². The highest BCUT2D eigenvalue weighted by Gasteiger charge is 2.17. The van der Waals surface area contributed by atoms with Crippen LogP contribution in [0.5, 0.6) is 0 Å². The number of rotatable bonds is 5. The Labute approximate surface area is 122 Å². The summed E-state index contributed by atoms with van der Waals surface area (Å²) in [4.78, 5) is 33.8. The molecule has 0 amide bonds. The van der Waals surface area contributed by atoms with Crippen LogP contribution < -0.4 is 0 Å². The second kappa shape index (κ2) is 6.18. The van der Waals surface area contributed by atoms with Gasteiger partial charge in [0.05, 0.1) is 10.6 Å². The number of nitrogens with zero attached hydrogens (tertiary/aromatic N) is 3. The third-order valence-electron chi connectivity index (χ3n) is 2.55. The van der Waals surface area contributed by atoms with Crippen molar-refractivity contribution in [3.05, 3.63) is 50.5 Å². The van der Waals surface area contributed by atoms with Gasteiger partial charge < -0.3 is 4.74 Å². The summed E-state index contributed by atoms with van der Waals surface area (Å²) < 4.78 is 8.45. The van der Waals surface area contributed by atoms with Gasteiger partial charge in [0.15, 0.2) is 11.5 Å². The Hall–Kier alpha value is -2.68. The lowest BCUT2D eigenvalue weighted by molar-refractivity contribution is -0.384. The summed E-state index contributed by atoms with van der Waals surface area (Å²) in [5.41, 5.74) is 0.332. The van der Waals surface area contributed by atoms with E-state index in [1.807, 2.05) is 0 Å². The van der Waals surface area contributed by atoms with Gasteiger partial charge in [-0.1, -0.05) is 16.6 Å². The van der Waals surface area contributed by atoms with Crippen molar-refractivity contribution in [1.29, 1.82) is 0 Å². The van der Waals surface area contributed by atoms with E-state index < -0.39 is 23.3 Å². The zero-order chi connectivity index (χ0) is 15.4. The smallest absolute Gasteiger partial charge is 0.352 e. The molecule has 0 N–H and O–H groups in total. The van der Waals surface area contributed by atoms with E-state index in [2.05, 4.69) is 9.59 Å². The van der Waals surface area contributed by atoms with Crippen molar-refractivity contribution in [2.75, 3.05) is 6.61 Å². The van der Waals surface area contributed by atoms with Crippen LogP contribution in [0.2, 0.25) is 0 Å². The van der Waals surface area contributed by atoms with E-state index in [0.29, 0.717) is 5.69 Å². The molecule has 0 aliphatic heterocycles. The highest BCUT2D eigenvalue weighted by atomic mass is 32.1. The molecule has 0 atom stereocenters. The van der Waals surface area contributed by atoms with Gasteiger partial charge in [-0.3, -0.25) is 14.9 Å². The number of aryl methyl sites for hydroxylation is 1. The number of ketones is 1. The Morgan fingerprint density at radius 2 is 2.19 bits per heavy atom. The molecular weight excluding hydrogens is 298 g/mol. The zero-order valence-corrected chi connectivity index (χ0v) is 11.6. The normalized spacial score (nSPS) is 10.1. The minimum Gasteiger partial charge on any atom is -0.453 e. The summed E-state index contributed by atoms with van der Waals surface area (Å²) in [5, 5.41) is 14.3. The molecule has 0 unspecified atom stereocenters. The molecule has 0 fully saturated rings. The van der Waals surface area contributed by atoms with Crippen molar-refractivity contribution in [2.24, 2.45) is 0 Å². The number of carbonyl (C=O) groups excluding carboxylic acids is 2.